The maximum atomic E-state index is 14.0. The molecule has 0 saturated carbocycles. The Morgan fingerprint density at radius 1 is 0.957 bits per heavy atom. The number of phenolic OH excluding ortho intramolecular Hbond substituents is 1. The van der Waals surface area contributed by atoms with Gasteiger partial charge in [0.05, 0.1) is 22.4 Å². The van der Waals surface area contributed by atoms with Crippen molar-refractivity contribution in [1.82, 2.24) is 0 Å². The van der Waals surface area contributed by atoms with Crippen LogP contribution in [0.5, 0.6) is 11.5 Å². The molecule has 1 saturated heterocycles. The topological polar surface area (TPSA) is 144 Å². The van der Waals surface area contributed by atoms with Crippen molar-refractivity contribution >= 4 is 34.8 Å². The molecule has 10 heteroatoms. The highest BCUT2D eigenvalue weighted by Gasteiger charge is 2.56. The van der Waals surface area contributed by atoms with E-state index < -0.39 is 40.4 Å². The van der Waals surface area contributed by atoms with E-state index in [-0.39, 0.29) is 64.9 Å². The fourth-order valence-corrected chi connectivity index (χ4v) is 7.31. The molecule has 0 bridgehead atoms. The van der Waals surface area contributed by atoms with Crippen LogP contribution in [-0.4, -0.2) is 33.4 Å². The van der Waals surface area contributed by atoms with E-state index >= 15 is 0 Å². The predicted molar refractivity (Wildman–Crippen MR) is 166 cm³/mol. The van der Waals surface area contributed by atoms with E-state index in [0.717, 1.165) is 10.5 Å². The Morgan fingerprint density at radius 3 is 2.39 bits per heavy atom. The van der Waals surface area contributed by atoms with Gasteiger partial charge >= 0.3 is 0 Å². The third-order valence-electron chi connectivity index (χ3n) is 9.44. The number of hydrogen-bond acceptors (Lipinski definition) is 8. The van der Waals surface area contributed by atoms with Crippen molar-refractivity contribution in [2.24, 2.45) is 17.8 Å². The number of Topliss-reactive ketones (excluding diaryl/α,β-unsaturated/α-hetero) is 1. The number of fused-ring (bicyclic) bond motifs is 3. The van der Waals surface area contributed by atoms with Gasteiger partial charge in [0.1, 0.15) is 18.1 Å². The molecule has 10 nitrogen and oxygen atoms in total. The normalized spacial score (nSPS) is 23.8. The van der Waals surface area contributed by atoms with Crippen molar-refractivity contribution in [3.8, 4) is 11.5 Å². The second-order valence-electron chi connectivity index (χ2n) is 12.0. The molecule has 0 aromatic heterocycles. The number of aromatic hydroxyl groups is 1. The molecule has 4 unspecified atom stereocenters. The monoisotopic (exact) mass is 616 g/mol. The molecule has 1 fully saturated rings. The van der Waals surface area contributed by atoms with Crippen molar-refractivity contribution in [2.75, 3.05) is 4.90 Å². The quantitative estimate of drug-likeness (QED) is 0.125. The van der Waals surface area contributed by atoms with Gasteiger partial charge in [0.2, 0.25) is 11.8 Å². The molecule has 3 aliphatic carbocycles. The first-order chi connectivity index (χ1) is 22.1. The number of nitrogens with zero attached hydrogens (tertiary/aromatic N) is 2. The van der Waals surface area contributed by atoms with Crippen molar-refractivity contribution in [3.63, 3.8) is 0 Å². The molecule has 4 atom stereocenters. The predicted octanol–water partition coefficient (Wildman–Crippen LogP) is 5.51. The van der Waals surface area contributed by atoms with E-state index in [2.05, 4.69) is 0 Å². The van der Waals surface area contributed by atoms with Crippen LogP contribution in [0.15, 0.2) is 107 Å². The summed E-state index contributed by atoms with van der Waals surface area (Å²) >= 11 is 0. The van der Waals surface area contributed by atoms with E-state index in [9.17, 15) is 34.4 Å². The largest absolute Gasteiger partial charge is 0.507 e. The summed E-state index contributed by atoms with van der Waals surface area (Å²) in [6.07, 6.45) is 3.50. The molecule has 3 aromatic rings. The number of carbonyl (C=O) groups is 4. The maximum Gasteiger partial charge on any atom is 0.269 e. The van der Waals surface area contributed by atoms with Crippen molar-refractivity contribution in [2.45, 2.75) is 32.3 Å². The first-order valence-electron chi connectivity index (χ1n) is 15.0. The average molecular weight is 617 g/mol. The van der Waals surface area contributed by atoms with Crippen LogP contribution in [-0.2, 0) is 25.8 Å². The van der Waals surface area contributed by atoms with E-state index in [4.69, 9.17) is 4.74 Å². The zero-order chi connectivity index (χ0) is 32.3. The number of benzene rings is 3. The average Bonchev–Trinajstić information content (AvgIpc) is 3.31. The Balaban J connectivity index is 1.27. The van der Waals surface area contributed by atoms with Gasteiger partial charge in [0, 0.05) is 46.4 Å². The number of amides is 2. The molecular formula is C36H28N2O8. The highest BCUT2D eigenvalue weighted by atomic mass is 16.6. The van der Waals surface area contributed by atoms with Gasteiger partial charge in [-0.25, -0.2) is 0 Å². The number of ether oxygens (including phenoxy) is 1. The van der Waals surface area contributed by atoms with Crippen LogP contribution in [0.2, 0.25) is 0 Å². The Bertz CT molecular complexity index is 1940. The Kier molecular flexibility index (Phi) is 7.00. The van der Waals surface area contributed by atoms with Crippen LogP contribution in [0.3, 0.4) is 0 Å². The molecule has 1 heterocycles. The van der Waals surface area contributed by atoms with Gasteiger partial charge in [0.25, 0.3) is 5.69 Å². The van der Waals surface area contributed by atoms with Crippen LogP contribution < -0.4 is 9.64 Å². The van der Waals surface area contributed by atoms with Crippen LogP contribution in [0.25, 0.3) is 0 Å². The highest BCUT2D eigenvalue weighted by Crippen LogP contribution is 2.56. The van der Waals surface area contributed by atoms with Gasteiger partial charge in [-0.05, 0) is 55.5 Å². The maximum absolute atomic E-state index is 14.0. The minimum atomic E-state index is -0.816. The summed E-state index contributed by atoms with van der Waals surface area (Å²) in [7, 11) is 0. The smallest absolute Gasteiger partial charge is 0.269 e. The lowest BCUT2D eigenvalue weighted by molar-refractivity contribution is -0.384. The molecule has 4 aliphatic rings. The standard InChI is InChI=1S/C36H28N2O8/c1-19-15-30(40)33-28(34(19)41)17-27-24(31(33)25-12-11-23(16-29(25)39)46-18-20-5-3-2-4-6-20)13-14-26-32(27)36(43)37(35(26)42)21-7-9-22(10-8-21)38(44)45/h2-13,15-16,26-27,31-32,39H,14,17-18H2,1H3. The molecule has 230 valence electrons. The van der Waals surface area contributed by atoms with E-state index in [1.807, 2.05) is 36.4 Å². The van der Waals surface area contributed by atoms with E-state index in [1.54, 1.807) is 19.1 Å². The first-order valence-corrected chi connectivity index (χ1v) is 15.0. The summed E-state index contributed by atoms with van der Waals surface area (Å²) in [4.78, 5) is 66.4. The number of carbonyl (C=O) groups excluding carboxylic acids is 4. The number of ketones is 2. The van der Waals surface area contributed by atoms with Gasteiger partial charge in [-0.3, -0.25) is 34.2 Å². The van der Waals surface area contributed by atoms with Crippen LogP contribution in [0.4, 0.5) is 11.4 Å². The second-order valence-corrected chi connectivity index (χ2v) is 12.0. The number of nitro benzene ring substituents is 1. The first kappa shape index (κ1) is 29.1. The minimum absolute atomic E-state index is 0.0980. The van der Waals surface area contributed by atoms with Crippen molar-refractivity contribution < 1.29 is 33.9 Å². The summed E-state index contributed by atoms with van der Waals surface area (Å²) in [5.74, 6) is -4.13. The molecule has 3 aromatic carbocycles. The SMILES string of the molecule is CC1=CC(=O)C2=C(CC3C(=CCC4C(=O)N(c5ccc([N+](=O)[O-])cc5)C(=O)C43)C2c2ccc(OCc3ccccc3)cc2O)C1=O. The fourth-order valence-electron chi connectivity index (χ4n) is 7.31. The summed E-state index contributed by atoms with van der Waals surface area (Å²) in [5.41, 5.74) is 2.96. The highest BCUT2D eigenvalue weighted by molar-refractivity contribution is 6.25. The molecular weight excluding hydrogens is 588 g/mol. The fraction of sp³-hybridized carbons (Fsp3) is 0.222. The number of imide groups is 1. The minimum Gasteiger partial charge on any atom is -0.507 e. The van der Waals surface area contributed by atoms with Gasteiger partial charge in [-0.15, -0.1) is 0 Å². The van der Waals surface area contributed by atoms with Crippen molar-refractivity contribution in [1.29, 1.82) is 0 Å². The van der Waals surface area contributed by atoms with Crippen LogP contribution in [0, 0.1) is 27.9 Å². The lowest BCUT2D eigenvalue weighted by atomic mass is 9.59. The number of non-ortho nitro benzene ring substituents is 1. The van der Waals surface area contributed by atoms with Gasteiger partial charge in [-0.1, -0.05) is 48.0 Å². The third-order valence-corrected chi connectivity index (χ3v) is 9.44. The molecule has 1 aliphatic heterocycles. The van der Waals surface area contributed by atoms with Crippen LogP contribution >= 0.6 is 0 Å². The molecule has 7 rings (SSSR count). The van der Waals surface area contributed by atoms with Gasteiger partial charge < -0.3 is 9.84 Å². The summed E-state index contributed by atoms with van der Waals surface area (Å²) in [6, 6.07) is 19.6. The lowest BCUT2D eigenvalue weighted by Crippen LogP contribution is -2.39. The Hall–Kier alpha value is -5.64. The van der Waals surface area contributed by atoms with Gasteiger partial charge in [0.15, 0.2) is 11.6 Å². The van der Waals surface area contributed by atoms with E-state index in [0.29, 0.717) is 16.9 Å². The number of rotatable bonds is 6. The Morgan fingerprint density at radius 2 is 1.70 bits per heavy atom. The zero-order valence-corrected chi connectivity index (χ0v) is 24.7. The summed E-state index contributed by atoms with van der Waals surface area (Å²) < 4.78 is 5.90. The molecule has 1 N–H and O–H groups in total. The zero-order valence-electron chi connectivity index (χ0n) is 24.7. The number of anilines is 1. The lowest BCUT2D eigenvalue weighted by Gasteiger charge is -2.42. The second kappa shape index (κ2) is 11.1. The Labute approximate surface area is 263 Å². The summed E-state index contributed by atoms with van der Waals surface area (Å²) in [6.45, 7) is 1.86. The number of hydrogen-bond donors (Lipinski definition) is 1. The number of nitro groups is 1. The molecule has 46 heavy (non-hydrogen) atoms. The molecule has 2 amide bonds. The van der Waals surface area contributed by atoms with Crippen LogP contribution in [0.1, 0.15) is 36.8 Å². The molecule has 0 radical (unpaired) electrons. The third kappa shape index (κ3) is 4.65. The number of allylic oxidation sites excluding steroid dienone is 6. The summed E-state index contributed by atoms with van der Waals surface area (Å²) in [5, 5.41) is 22.5. The molecule has 0 spiro atoms. The number of phenols is 1. The van der Waals surface area contributed by atoms with E-state index in [1.165, 1.54) is 36.4 Å². The van der Waals surface area contributed by atoms with Gasteiger partial charge in [-0.2, -0.15) is 0 Å². The van der Waals surface area contributed by atoms with Crippen molar-refractivity contribution in [3.05, 3.63) is 128 Å².